The quantitative estimate of drug-likeness (QED) is 0.720. The van der Waals surface area contributed by atoms with E-state index in [2.05, 4.69) is 4.90 Å². The van der Waals surface area contributed by atoms with Crippen LogP contribution in [0.4, 0.5) is 0 Å². The SMILES string of the molecule is OC1CCC(N2CCCCCCC2)CC1. The van der Waals surface area contributed by atoms with Crippen molar-refractivity contribution in [3.05, 3.63) is 0 Å². The highest BCUT2D eigenvalue weighted by Crippen LogP contribution is 2.24. The average Bonchev–Trinajstić information content (AvgIpc) is 2.19. The molecular formula is C13H25NO. The summed E-state index contributed by atoms with van der Waals surface area (Å²) in [6.45, 7) is 2.61. The van der Waals surface area contributed by atoms with Crippen LogP contribution in [0.3, 0.4) is 0 Å². The number of aliphatic hydroxyl groups excluding tert-OH is 1. The molecule has 0 spiro atoms. The van der Waals surface area contributed by atoms with Crippen LogP contribution in [0.5, 0.6) is 0 Å². The lowest BCUT2D eigenvalue weighted by atomic mass is 9.91. The molecule has 0 atom stereocenters. The third-order valence-electron chi connectivity index (χ3n) is 4.07. The van der Waals surface area contributed by atoms with Gasteiger partial charge in [0.15, 0.2) is 0 Å². The predicted octanol–water partition coefficient (Wildman–Crippen LogP) is 2.56. The Balaban J connectivity index is 1.79. The van der Waals surface area contributed by atoms with Crippen LogP contribution in [0, 0.1) is 0 Å². The Kier molecular flexibility index (Phi) is 4.45. The van der Waals surface area contributed by atoms with E-state index in [1.807, 2.05) is 0 Å². The first-order valence-electron chi connectivity index (χ1n) is 6.78. The van der Waals surface area contributed by atoms with Gasteiger partial charge < -0.3 is 10.0 Å². The van der Waals surface area contributed by atoms with E-state index in [1.165, 1.54) is 58.0 Å². The second kappa shape index (κ2) is 5.86. The fourth-order valence-electron chi connectivity index (χ4n) is 3.06. The van der Waals surface area contributed by atoms with Gasteiger partial charge in [-0.25, -0.2) is 0 Å². The van der Waals surface area contributed by atoms with Gasteiger partial charge in [-0.3, -0.25) is 0 Å². The highest BCUT2D eigenvalue weighted by atomic mass is 16.3. The normalized spacial score (nSPS) is 35.8. The maximum atomic E-state index is 9.51. The van der Waals surface area contributed by atoms with Gasteiger partial charge in [0.2, 0.25) is 0 Å². The predicted molar refractivity (Wildman–Crippen MR) is 62.9 cm³/mol. The number of aliphatic hydroxyl groups is 1. The van der Waals surface area contributed by atoms with E-state index in [0.717, 1.165) is 18.9 Å². The smallest absolute Gasteiger partial charge is 0.0541 e. The monoisotopic (exact) mass is 211 g/mol. The number of likely N-dealkylation sites (tertiary alicyclic amines) is 1. The molecule has 1 aliphatic carbocycles. The van der Waals surface area contributed by atoms with Crippen molar-refractivity contribution in [1.82, 2.24) is 4.90 Å². The Hall–Kier alpha value is -0.0800. The van der Waals surface area contributed by atoms with Gasteiger partial charge in [0.1, 0.15) is 0 Å². The van der Waals surface area contributed by atoms with Crippen LogP contribution in [0.2, 0.25) is 0 Å². The van der Waals surface area contributed by atoms with Gasteiger partial charge in [-0.1, -0.05) is 19.3 Å². The molecule has 0 radical (unpaired) electrons. The topological polar surface area (TPSA) is 23.5 Å². The fourth-order valence-corrected chi connectivity index (χ4v) is 3.06. The molecule has 2 heteroatoms. The Bertz CT molecular complexity index is 167. The summed E-state index contributed by atoms with van der Waals surface area (Å²) < 4.78 is 0. The first-order chi connectivity index (χ1) is 7.36. The summed E-state index contributed by atoms with van der Waals surface area (Å²) >= 11 is 0. The highest BCUT2D eigenvalue weighted by molar-refractivity contribution is 4.80. The molecule has 2 rings (SSSR count). The van der Waals surface area contributed by atoms with Gasteiger partial charge in [-0.15, -0.1) is 0 Å². The fraction of sp³-hybridized carbons (Fsp3) is 1.00. The molecule has 0 bridgehead atoms. The highest BCUT2D eigenvalue weighted by Gasteiger charge is 2.24. The zero-order valence-electron chi connectivity index (χ0n) is 9.83. The second-order valence-corrected chi connectivity index (χ2v) is 5.27. The Morgan fingerprint density at radius 2 is 1.27 bits per heavy atom. The average molecular weight is 211 g/mol. The third-order valence-corrected chi connectivity index (χ3v) is 4.07. The summed E-state index contributed by atoms with van der Waals surface area (Å²) in [7, 11) is 0. The molecule has 1 saturated carbocycles. The summed E-state index contributed by atoms with van der Waals surface area (Å²) in [4.78, 5) is 2.70. The van der Waals surface area contributed by atoms with Crippen LogP contribution < -0.4 is 0 Å². The first-order valence-corrected chi connectivity index (χ1v) is 6.78. The van der Waals surface area contributed by atoms with Crippen molar-refractivity contribution in [2.75, 3.05) is 13.1 Å². The molecule has 1 saturated heterocycles. The Morgan fingerprint density at radius 1 is 0.733 bits per heavy atom. The molecule has 15 heavy (non-hydrogen) atoms. The molecule has 1 heterocycles. The summed E-state index contributed by atoms with van der Waals surface area (Å²) in [5, 5.41) is 9.51. The molecular weight excluding hydrogens is 186 g/mol. The molecule has 2 fully saturated rings. The zero-order valence-corrected chi connectivity index (χ0v) is 9.83. The van der Waals surface area contributed by atoms with Crippen molar-refractivity contribution < 1.29 is 5.11 Å². The minimum atomic E-state index is -0.00370. The van der Waals surface area contributed by atoms with Gasteiger partial charge >= 0.3 is 0 Å². The molecule has 1 N–H and O–H groups in total. The van der Waals surface area contributed by atoms with Crippen LogP contribution in [-0.4, -0.2) is 35.2 Å². The molecule has 0 amide bonds. The van der Waals surface area contributed by atoms with Crippen LogP contribution in [-0.2, 0) is 0 Å². The van der Waals surface area contributed by atoms with Crippen LogP contribution in [0.1, 0.15) is 57.8 Å². The summed E-state index contributed by atoms with van der Waals surface area (Å²) in [5.74, 6) is 0. The van der Waals surface area contributed by atoms with E-state index in [9.17, 15) is 5.11 Å². The lowest BCUT2D eigenvalue weighted by molar-refractivity contribution is 0.0699. The number of hydrogen-bond donors (Lipinski definition) is 1. The van der Waals surface area contributed by atoms with Crippen molar-refractivity contribution >= 4 is 0 Å². The van der Waals surface area contributed by atoms with E-state index in [-0.39, 0.29) is 6.10 Å². The van der Waals surface area contributed by atoms with E-state index >= 15 is 0 Å². The summed E-state index contributed by atoms with van der Waals surface area (Å²) in [6, 6.07) is 0.784. The molecule has 0 aromatic carbocycles. The lowest BCUT2D eigenvalue weighted by Gasteiger charge is -2.36. The molecule has 0 aromatic heterocycles. The largest absolute Gasteiger partial charge is 0.393 e. The standard InChI is InChI=1S/C13H25NO/c15-13-8-6-12(7-9-13)14-10-4-2-1-3-5-11-14/h12-13,15H,1-11H2. The number of rotatable bonds is 1. The van der Waals surface area contributed by atoms with Crippen LogP contribution in [0.25, 0.3) is 0 Å². The number of nitrogens with zero attached hydrogens (tertiary/aromatic N) is 1. The van der Waals surface area contributed by atoms with Crippen molar-refractivity contribution in [3.63, 3.8) is 0 Å². The number of hydrogen-bond acceptors (Lipinski definition) is 2. The van der Waals surface area contributed by atoms with E-state index in [4.69, 9.17) is 0 Å². The molecule has 1 aliphatic heterocycles. The van der Waals surface area contributed by atoms with Crippen LogP contribution in [0.15, 0.2) is 0 Å². The maximum Gasteiger partial charge on any atom is 0.0541 e. The van der Waals surface area contributed by atoms with Gasteiger partial charge in [-0.05, 0) is 51.6 Å². The molecule has 0 unspecified atom stereocenters. The van der Waals surface area contributed by atoms with Crippen molar-refractivity contribution in [2.24, 2.45) is 0 Å². The van der Waals surface area contributed by atoms with Gasteiger partial charge in [-0.2, -0.15) is 0 Å². The van der Waals surface area contributed by atoms with Crippen molar-refractivity contribution in [2.45, 2.75) is 69.9 Å². The first kappa shape index (κ1) is 11.4. The lowest BCUT2D eigenvalue weighted by Crippen LogP contribution is -2.40. The van der Waals surface area contributed by atoms with Crippen LogP contribution >= 0.6 is 0 Å². The van der Waals surface area contributed by atoms with Gasteiger partial charge in [0, 0.05) is 6.04 Å². The van der Waals surface area contributed by atoms with Gasteiger partial charge in [0.05, 0.1) is 6.10 Å². The minimum Gasteiger partial charge on any atom is -0.393 e. The second-order valence-electron chi connectivity index (χ2n) is 5.27. The molecule has 2 aliphatic rings. The van der Waals surface area contributed by atoms with Crippen molar-refractivity contribution in [3.8, 4) is 0 Å². The van der Waals surface area contributed by atoms with E-state index in [1.54, 1.807) is 0 Å². The molecule has 2 nitrogen and oxygen atoms in total. The molecule has 0 aromatic rings. The van der Waals surface area contributed by atoms with E-state index < -0.39 is 0 Å². The van der Waals surface area contributed by atoms with Gasteiger partial charge in [0.25, 0.3) is 0 Å². The summed E-state index contributed by atoms with van der Waals surface area (Å²) in [6.07, 6.45) is 11.6. The third kappa shape index (κ3) is 3.46. The Labute approximate surface area is 93.7 Å². The van der Waals surface area contributed by atoms with E-state index in [0.29, 0.717) is 0 Å². The Morgan fingerprint density at radius 3 is 1.87 bits per heavy atom. The minimum absolute atomic E-state index is 0.00370. The summed E-state index contributed by atoms with van der Waals surface area (Å²) in [5.41, 5.74) is 0. The zero-order chi connectivity index (χ0) is 10.5. The molecule has 88 valence electrons. The van der Waals surface area contributed by atoms with Crippen molar-refractivity contribution in [1.29, 1.82) is 0 Å². The maximum absolute atomic E-state index is 9.51.